The molecule has 0 fully saturated rings. The monoisotopic (exact) mass is 509 g/mol. The normalized spacial score (nSPS) is 14.1. The molecule has 0 atom stereocenters. The Kier molecular flexibility index (Phi) is 11.0. The van der Waals surface area contributed by atoms with Crippen molar-refractivity contribution in [3.05, 3.63) is 58.1 Å². The molecule has 10 nitrogen and oxygen atoms in total. The lowest BCUT2D eigenvalue weighted by Crippen LogP contribution is -2.43. The maximum atomic E-state index is 13.2. The van der Waals surface area contributed by atoms with E-state index in [-0.39, 0.29) is 18.3 Å². The predicted molar refractivity (Wildman–Crippen MR) is 139 cm³/mol. The number of hydrogen-bond donors (Lipinski definition) is 2. The summed E-state index contributed by atoms with van der Waals surface area (Å²) in [7, 11) is 1.53. The molecule has 0 radical (unpaired) electrons. The Morgan fingerprint density at radius 3 is 2.73 bits per heavy atom. The molecule has 1 aromatic rings. The van der Waals surface area contributed by atoms with E-state index in [1.165, 1.54) is 16.8 Å². The number of amides is 3. The Bertz CT molecular complexity index is 1150. The molecule has 0 aliphatic carbocycles. The van der Waals surface area contributed by atoms with Gasteiger partial charge in [-0.3, -0.25) is 14.5 Å². The van der Waals surface area contributed by atoms with Crippen molar-refractivity contribution in [3.63, 3.8) is 0 Å². The van der Waals surface area contributed by atoms with Crippen molar-refractivity contribution in [2.45, 2.75) is 59.6 Å². The summed E-state index contributed by atoms with van der Waals surface area (Å²) in [5, 5.41) is 21.5. The molecular weight excluding hydrogens is 474 g/mol. The minimum atomic E-state index is -0.629. The van der Waals surface area contributed by atoms with Crippen LogP contribution < -0.4 is 10.2 Å². The number of carbonyl (C=O) groups excluding carboxylic acids is 3. The average molecular weight is 510 g/mol. The minimum Gasteiger partial charge on any atom is -0.490 e. The number of aliphatic hydroxyl groups is 1. The van der Waals surface area contributed by atoms with Crippen molar-refractivity contribution in [2.24, 2.45) is 0 Å². The van der Waals surface area contributed by atoms with Crippen molar-refractivity contribution in [1.29, 1.82) is 5.26 Å². The first-order valence-electron chi connectivity index (χ1n) is 12.2. The fraction of sp³-hybridized carbons (Fsp3) is 0.444. The number of rotatable bonds is 10. The number of likely N-dealkylation sites (N-methyl/N-ethyl adjacent to an activating group) is 1. The van der Waals surface area contributed by atoms with E-state index < -0.39 is 18.5 Å². The van der Waals surface area contributed by atoms with Crippen LogP contribution >= 0.6 is 0 Å². The third kappa shape index (κ3) is 8.02. The quantitative estimate of drug-likeness (QED) is 0.214. The third-order valence-electron chi connectivity index (χ3n) is 5.52. The van der Waals surface area contributed by atoms with Gasteiger partial charge in [-0.25, -0.2) is 9.78 Å². The molecule has 0 spiro atoms. The van der Waals surface area contributed by atoms with Crippen molar-refractivity contribution in [2.75, 3.05) is 25.1 Å². The van der Waals surface area contributed by atoms with Gasteiger partial charge in [0.1, 0.15) is 29.9 Å². The first-order chi connectivity index (χ1) is 17.6. The number of hydrogen-bond acceptors (Lipinski definition) is 7. The van der Waals surface area contributed by atoms with Crippen LogP contribution in [0.15, 0.2) is 41.3 Å². The minimum absolute atomic E-state index is 0.112. The molecule has 2 heterocycles. The molecule has 3 amide bonds. The van der Waals surface area contributed by atoms with E-state index in [0.717, 1.165) is 12.0 Å². The number of aromatic nitrogens is 1. The van der Waals surface area contributed by atoms with Crippen LogP contribution in [0, 0.1) is 11.3 Å². The van der Waals surface area contributed by atoms with E-state index in [1.807, 2.05) is 26.8 Å². The number of aliphatic hydroxyl groups excluding tert-OH is 1. The lowest BCUT2D eigenvalue weighted by atomic mass is 10.0. The standard InChI is InChI=1S/C27H35N5O5/c1-6-7-9-21(14-28)24(37-18(2)3)12-19(4)29-27(36)32-11-8-10-20-13-22(15-31(5)25(35)17-34)23(16-33)30-26(20)32/h7,9,12-13,16,18,34H,6,8,10-11,15,17H2,1-5H3,(H,29,36)/b9-7+,19-12+,24-21-. The van der Waals surface area contributed by atoms with Crippen LogP contribution in [0.3, 0.4) is 0 Å². The number of nitrogens with zero attached hydrogens (tertiary/aromatic N) is 4. The Morgan fingerprint density at radius 2 is 2.14 bits per heavy atom. The van der Waals surface area contributed by atoms with Gasteiger partial charge in [0, 0.05) is 37.5 Å². The van der Waals surface area contributed by atoms with Gasteiger partial charge in [-0.2, -0.15) is 5.26 Å². The number of nitrogens with one attached hydrogen (secondary N) is 1. The molecule has 37 heavy (non-hydrogen) atoms. The number of carbonyl (C=O) groups is 3. The summed E-state index contributed by atoms with van der Waals surface area (Å²) in [6, 6.07) is 3.50. The molecule has 1 aliphatic rings. The zero-order valence-electron chi connectivity index (χ0n) is 22.1. The second-order valence-corrected chi connectivity index (χ2v) is 8.92. The van der Waals surface area contributed by atoms with Gasteiger partial charge in [-0.1, -0.05) is 13.0 Å². The second-order valence-electron chi connectivity index (χ2n) is 8.92. The summed E-state index contributed by atoms with van der Waals surface area (Å²) in [6.45, 7) is 7.27. The molecule has 0 bridgehead atoms. The highest BCUT2D eigenvalue weighted by Gasteiger charge is 2.26. The average Bonchev–Trinajstić information content (AvgIpc) is 2.87. The Morgan fingerprint density at radius 1 is 1.41 bits per heavy atom. The van der Waals surface area contributed by atoms with Crippen LogP contribution in [0.25, 0.3) is 0 Å². The number of anilines is 1. The maximum absolute atomic E-state index is 13.2. The lowest BCUT2D eigenvalue weighted by molar-refractivity contribution is -0.133. The Hall–Kier alpha value is -3.97. The summed E-state index contributed by atoms with van der Waals surface area (Å²) < 4.78 is 5.82. The molecule has 1 aliphatic heterocycles. The number of allylic oxidation sites excluding steroid dienone is 5. The van der Waals surface area contributed by atoms with Crippen molar-refractivity contribution < 1.29 is 24.2 Å². The zero-order chi connectivity index (χ0) is 27.5. The number of pyridine rings is 1. The number of urea groups is 1. The Labute approximate surface area is 217 Å². The van der Waals surface area contributed by atoms with Gasteiger partial charge in [0.05, 0.1) is 11.7 Å². The van der Waals surface area contributed by atoms with E-state index >= 15 is 0 Å². The van der Waals surface area contributed by atoms with Crippen LogP contribution in [-0.4, -0.2) is 59.5 Å². The molecule has 1 aromatic heterocycles. The summed E-state index contributed by atoms with van der Waals surface area (Å²) >= 11 is 0. The first kappa shape index (κ1) is 29.3. The summed E-state index contributed by atoms with van der Waals surface area (Å²) in [5.74, 6) is 0.264. The zero-order valence-corrected chi connectivity index (χ0v) is 22.1. The van der Waals surface area contributed by atoms with Gasteiger partial charge >= 0.3 is 6.03 Å². The largest absolute Gasteiger partial charge is 0.490 e. The highest BCUT2D eigenvalue weighted by atomic mass is 16.5. The summed E-state index contributed by atoms with van der Waals surface area (Å²) in [6.07, 6.45) is 7.70. The first-order valence-corrected chi connectivity index (χ1v) is 12.2. The van der Waals surface area contributed by atoms with Gasteiger partial charge in [0.25, 0.3) is 0 Å². The Balaban J connectivity index is 2.34. The topological polar surface area (TPSA) is 136 Å². The molecule has 2 N–H and O–H groups in total. The number of ether oxygens (including phenoxy) is 1. The lowest BCUT2D eigenvalue weighted by Gasteiger charge is -2.29. The summed E-state index contributed by atoms with van der Waals surface area (Å²) in [5.41, 5.74) is 2.28. The number of nitriles is 1. The highest BCUT2D eigenvalue weighted by molar-refractivity contribution is 5.94. The van der Waals surface area contributed by atoms with Gasteiger partial charge < -0.3 is 20.1 Å². The van der Waals surface area contributed by atoms with E-state index in [1.54, 1.807) is 25.1 Å². The number of fused-ring (bicyclic) bond motifs is 1. The third-order valence-corrected chi connectivity index (χ3v) is 5.52. The van der Waals surface area contributed by atoms with Gasteiger partial charge in [0.2, 0.25) is 5.91 Å². The van der Waals surface area contributed by atoms with Crippen LogP contribution in [0.1, 0.15) is 62.2 Å². The molecule has 0 saturated carbocycles. The van der Waals surface area contributed by atoms with E-state index in [9.17, 15) is 19.6 Å². The van der Waals surface area contributed by atoms with Gasteiger partial charge in [-0.15, -0.1) is 0 Å². The summed E-state index contributed by atoms with van der Waals surface area (Å²) in [4.78, 5) is 44.0. The molecule has 198 valence electrons. The molecule has 0 unspecified atom stereocenters. The molecule has 0 saturated heterocycles. The van der Waals surface area contributed by atoms with Crippen LogP contribution in [0.5, 0.6) is 0 Å². The van der Waals surface area contributed by atoms with Crippen molar-refractivity contribution in [3.8, 4) is 6.07 Å². The van der Waals surface area contributed by atoms with Crippen molar-refractivity contribution in [1.82, 2.24) is 15.2 Å². The van der Waals surface area contributed by atoms with Gasteiger partial charge in [0.15, 0.2) is 6.29 Å². The predicted octanol–water partition coefficient (Wildman–Crippen LogP) is 3.38. The molecular formula is C27H35N5O5. The maximum Gasteiger partial charge on any atom is 0.327 e. The fourth-order valence-corrected chi connectivity index (χ4v) is 3.76. The van der Waals surface area contributed by atoms with E-state index in [2.05, 4.69) is 16.4 Å². The second kappa shape index (κ2) is 13.9. The number of aldehydes is 1. The van der Waals surface area contributed by atoms with E-state index in [4.69, 9.17) is 9.84 Å². The van der Waals surface area contributed by atoms with Crippen LogP contribution in [0.2, 0.25) is 0 Å². The van der Waals surface area contributed by atoms with Crippen molar-refractivity contribution >= 4 is 24.0 Å². The molecule has 10 heteroatoms. The molecule has 2 rings (SSSR count). The highest BCUT2D eigenvalue weighted by Crippen LogP contribution is 2.28. The van der Waals surface area contributed by atoms with E-state index in [0.29, 0.717) is 54.1 Å². The van der Waals surface area contributed by atoms with Gasteiger partial charge in [-0.05, 0) is 57.7 Å². The SMILES string of the molecule is CC/C=C/C(C#N)=C(\C=C(/C)NC(=O)N1CCCc2cc(CN(C)C(=O)CO)c(C=O)nc21)OC(C)C. The van der Waals surface area contributed by atoms with Crippen LogP contribution in [-0.2, 0) is 22.5 Å². The smallest absolute Gasteiger partial charge is 0.327 e. The molecule has 0 aromatic carbocycles. The fourth-order valence-electron chi connectivity index (χ4n) is 3.76. The van der Waals surface area contributed by atoms with Crippen LogP contribution in [0.4, 0.5) is 10.6 Å². The number of aryl methyl sites for hydroxylation is 1.